The summed E-state index contributed by atoms with van der Waals surface area (Å²) < 4.78 is 5.23. The second-order valence-electron chi connectivity index (χ2n) is 9.01. The summed E-state index contributed by atoms with van der Waals surface area (Å²) in [6.07, 6.45) is 18.1. The third-order valence-corrected chi connectivity index (χ3v) is 6.52. The fourth-order valence-electron chi connectivity index (χ4n) is 4.63. The van der Waals surface area contributed by atoms with Crippen LogP contribution in [0.1, 0.15) is 102 Å². The second-order valence-corrected chi connectivity index (χ2v) is 9.01. The summed E-state index contributed by atoms with van der Waals surface area (Å²) in [6.45, 7) is 4.23. The maximum Gasteiger partial charge on any atom is 0.311 e. The minimum atomic E-state index is -0.241. The zero-order valence-corrected chi connectivity index (χ0v) is 19.3. The number of hydrogen-bond acceptors (Lipinski definition) is 4. The molecule has 1 aromatic carbocycles. The minimum absolute atomic E-state index is 0.241. The molecule has 0 N–H and O–H groups in total. The molecule has 0 bridgehead atoms. The van der Waals surface area contributed by atoms with Gasteiger partial charge in [-0.15, -0.1) is 0 Å². The molecule has 4 heteroatoms. The lowest BCUT2D eigenvalue weighted by Gasteiger charge is -2.29. The molecule has 31 heavy (non-hydrogen) atoms. The highest BCUT2D eigenvalue weighted by Gasteiger charge is 2.22. The van der Waals surface area contributed by atoms with Crippen molar-refractivity contribution in [1.82, 2.24) is 9.97 Å². The average Bonchev–Trinajstić information content (AvgIpc) is 2.80. The van der Waals surface area contributed by atoms with Gasteiger partial charge in [0.2, 0.25) is 0 Å². The van der Waals surface area contributed by atoms with Crippen molar-refractivity contribution in [3.8, 4) is 17.1 Å². The first-order valence-corrected chi connectivity index (χ1v) is 12.3. The molecule has 168 valence electrons. The third-order valence-electron chi connectivity index (χ3n) is 6.52. The lowest BCUT2D eigenvalue weighted by atomic mass is 9.77. The van der Waals surface area contributed by atoms with Gasteiger partial charge in [0.1, 0.15) is 0 Å². The molecule has 0 atom stereocenters. The zero-order chi connectivity index (χ0) is 21.9. The van der Waals surface area contributed by atoms with Gasteiger partial charge in [0.15, 0.2) is 11.6 Å². The van der Waals surface area contributed by atoms with Gasteiger partial charge in [-0.1, -0.05) is 76.6 Å². The molecule has 0 saturated heterocycles. The molecule has 1 fully saturated rings. The van der Waals surface area contributed by atoms with Crippen LogP contribution in [0.15, 0.2) is 36.7 Å². The normalized spacial score (nSPS) is 18.6. The number of benzene rings is 1. The third kappa shape index (κ3) is 7.45. The number of unbranched alkanes of at least 4 members (excludes halogenated alkanes) is 4. The molecule has 1 heterocycles. The number of aromatic nitrogens is 2. The molecule has 1 aliphatic rings. The summed E-state index contributed by atoms with van der Waals surface area (Å²) in [5.74, 6) is 2.45. The Morgan fingerprint density at radius 2 is 1.58 bits per heavy atom. The standard InChI is InChI=1S/C27H38N2O2/c1-3-5-6-7-8-10-21-11-13-22(14-12-21)23-15-17-24(18-16-23)27-28-19-25(20-29-27)31-26(30)9-4-2/h15-22H,3-14H2,1-2H3. The quantitative estimate of drug-likeness (QED) is 0.278. The molecule has 0 aliphatic heterocycles. The zero-order valence-electron chi connectivity index (χ0n) is 19.3. The summed E-state index contributed by atoms with van der Waals surface area (Å²) in [5.41, 5.74) is 2.44. The Labute approximate surface area is 187 Å². The average molecular weight is 423 g/mol. The maximum atomic E-state index is 11.6. The fraction of sp³-hybridized carbons (Fsp3) is 0.593. The molecular weight excluding hydrogens is 384 g/mol. The van der Waals surface area contributed by atoms with Crippen LogP contribution in [-0.4, -0.2) is 15.9 Å². The molecule has 1 saturated carbocycles. The van der Waals surface area contributed by atoms with Crippen LogP contribution in [0.4, 0.5) is 0 Å². The maximum absolute atomic E-state index is 11.6. The predicted octanol–water partition coefficient (Wildman–Crippen LogP) is 7.48. The van der Waals surface area contributed by atoms with E-state index in [1.165, 1.54) is 69.8 Å². The largest absolute Gasteiger partial charge is 0.423 e. The van der Waals surface area contributed by atoms with Crippen molar-refractivity contribution in [2.75, 3.05) is 0 Å². The van der Waals surface area contributed by atoms with Crippen molar-refractivity contribution in [2.45, 2.75) is 96.8 Å². The van der Waals surface area contributed by atoms with Crippen LogP contribution in [0.2, 0.25) is 0 Å². The predicted molar refractivity (Wildman–Crippen MR) is 126 cm³/mol. The van der Waals surface area contributed by atoms with E-state index in [1.807, 2.05) is 6.92 Å². The van der Waals surface area contributed by atoms with Crippen molar-refractivity contribution in [3.05, 3.63) is 42.2 Å². The molecular formula is C27H38N2O2. The van der Waals surface area contributed by atoms with Crippen molar-refractivity contribution in [1.29, 1.82) is 0 Å². The first-order chi connectivity index (χ1) is 15.2. The Balaban J connectivity index is 1.47. The molecule has 0 unspecified atom stereocenters. The van der Waals surface area contributed by atoms with Crippen LogP contribution in [0.5, 0.6) is 5.75 Å². The second kappa shape index (κ2) is 12.6. The van der Waals surface area contributed by atoms with E-state index < -0.39 is 0 Å². The Kier molecular flexibility index (Phi) is 9.51. The Bertz CT molecular complexity index is 778. The van der Waals surface area contributed by atoms with Gasteiger partial charge in [-0.05, 0) is 49.5 Å². The molecule has 0 amide bonds. The first-order valence-electron chi connectivity index (χ1n) is 12.3. The minimum Gasteiger partial charge on any atom is -0.423 e. The SMILES string of the molecule is CCCCCCCC1CCC(c2ccc(-c3ncc(OC(=O)CCC)cn3)cc2)CC1. The number of carbonyl (C=O) groups is 1. The Morgan fingerprint density at radius 3 is 2.23 bits per heavy atom. The summed E-state index contributed by atoms with van der Waals surface area (Å²) in [5, 5.41) is 0. The van der Waals surface area contributed by atoms with Crippen molar-refractivity contribution >= 4 is 5.97 Å². The van der Waals surface area contributed by atoms with Crippen LogP contribution >= 0.6 is 0 Å². The highest BCUT2D eigenvalue weighted by molar-refractivity contribution is 5.72. The summed E-state index contributed by atoms with van der Waals surface area (Å²) in [4.78, 5) is 20.3. The van der Waals surface area contributed by atoms with Gasteiger partial charge in [-0.25, -0.2) is 9.97 Å². The van der Waals surface area contributed by atoms with Crippen LogP contribution in [0, 0.1) is 5.92 Å². The van der Waals surface area contributed by atoms with Crippen molar-refractivity contribution in [3.63, 3.8) is 0 Å². The molecule has 1 aliphatic carbocycles. The first kappa shape index (κ1) is 23.4. The lowest BCUT2D eigenvalue weighted by molar-refractivity contribution is -0.134. The van der Waals surface area contributed by atoms with Gasteiger partial charge in [0.05, 0.1) is 12.4 Å². The summed E-state index contributed by atoms with van der Waals surface area (Å²) in [6, 6.07) is 8.72. The van der Waals surface area contributed by atoms with Gasteiger partial charge in [0, 0.05) is 12.0 Å². The van der Waals surface area contributed by atoms with E-state index in [0.29, 0.717) is 23.9 Å². The molecule has 3 rings (SSSR count). The van der Waals surface area contributed by atoms with Gasteiger partial charge in [0.25, 0.3) is 0 Å². The fourth-order valence-corrected chi connectivity index (χ4v) is 4.63. The van der Waals surface area contributed by atoms with E-state index in [-0.39, 0.29) is 5.97 Å². The molecule has 1 aromatic heterocycles. The highest BCUT2D eigenvalue weighted by Crippen LogP contribution is 2.38. The highest BCUT2D eigenvalue weighted by atomic mass is 16.5. The van der Waals surface area contributed by atoms with Crippen LogP contribution < -0.4 is 4.74 Å². The van der Waals surface area contributed by atoms with Gasteiger partial charge < -0.3 is 4.74 Å². The Hall–Kier alpha value is -2.23. The molecule has 0 spiro atoms. The number of nitrogens with zero attached hydrogens (tertiary/aromatic N) is 2. The molecule has 4 nitrogen and oxygen atoms in total. The smallest absolute Gasteiger partial charge is 0.311 e. The van der Waals surface area contributed by atoms with Crippen molar-refractivity contribution in [2.24, 2.45) is 5.92 Å². The molecule has 0 radical (unpaired) electrons. The number of hydrogen-bond donors (Lipinski definition) is 0. The van der Waals surface area contributed by atoms with Gasteiger partial charge in [-0.2, -0.15) is 0 Å². The summed E-state index contributed by atoms with van der Waals surface area (Å²) in [7, 11) is 0. The number of carbonyl (C=O) groups excluding carboxylic acids is 1. The Morgan fingerprint density at radius 1 is 0.903 bits per heavy atom. The van der Waals surface area contributed by atoms with Crippen molar-refractivity contribution < 1.29 is 9.53 Å². The topological polar surface area (TPSA) is 52.1 Å². The van der Waals surface area contributed by atoms with Crippen LogP contribution in [-0.2, 0) is 4.79 Å². The monoisotopic (exact) mass is 422 g/mol. The van der Waals surface area contributed by atoms with Gasteiger partial charge >= 0.3 is 5.97 Å². The number of ether oxygens (including phenoxy) is 1. The number of rotatable bonds is 11. The van der Waals surface area contributed by atoms with E-state index in [4.69, 9.17) is 4.74 Å². The summed E-state index contributed by atoms with van der Waals surface area (Å²) >= 11 is 0. The van der Waals surface area contributed by atoms with Crippen LogP contribution in [0.25, 0.3) is 11.4 Å². The van der Waals surface area contributed by atoms with Gasteiger partial charge in [-0.3, -0.25) is 4.79 Å². The number of esters is 1. The van der Waals surface area contributed by atoms with E-state index in [0.717, 1.165) is 17.9 Å². The van der Waals surface area contributed by atoms with E-state index in [2.05, 4.69) is 41.2 Å². The van der Waals surface area contributed by atoms with Crippen LogP contribution in [0.3, 0.4) is 0 Å². The van der Waals surface area contributed by atoms with E-state index in [1.54, 1.807) is 12.4 Å². The van der Waals surface area contributed by atoms with E-state index in [9.17, 15) is 4.79 Å². The van der Waals surface area contributed by atoms with E-state index >= 15 is 0 Å². The molecule has 2 aromatic rings. The lowest BCUT2D eigenvalue weighted by Crippen LogP contribution is -2.13.